The van der Waals surface area contributed by atoms with E-state index in [1.54, 1.807) is 6.20 Å². The Morgan fingerprint density at radius 2 is 2.15 bits per heavy atom. The average molecular weight is 274 g/mol. The number of hydrogen-bond donors (Lipinski definition) is 1. The Hall–Kier alpha value is -1.65. The van der Waals surface area contributed by atoms with Crippen LogP contribution < -0.4 is 10.2 Å². The molecular formula is C15H22N4O. The summed E-state index contributed by atoms with van der Waals surface area (Å²) in [6, 6.07) is 0.443. The van der Waals surface area contributed by atoms with Crippen LogP contribution in [0.1, 0.15) is 37.1 Å². The van der Waals surface area contributed by atoms with E-state index in [9.17, 15) is 4.79 Å². The molecule has 1 amide bonds. The Bertz CT molecular complexity index is 513. The Morgan fingerprint density at radius 3 is 2.90 bits per heavy atom. The maximum Gasteiger partial charge on any atom is 0.225 e. The molecule has 2 heterocycles. The molecule has 0 radical (unpaired) electrons. The number of carbonyl (C=O) groups is 1. The SMILES string of the molecule is Cc1cnc(C)c(N2CCCC(C(=O)NC3CC3)C2)n1. The molecular weight excluding hydrogens is 252 g/mol. The molecule has 1 atom stereocenters. The monoisotopic (exact) mass is 274 g/mol. The van der Waals surface area contributed by atoms with Gasteiger partial charge in [-0.3, -0.25) is 9.78 Å². The van der Waals surface area contributed by atoms with Crippen LogP contribution in [0.4, 0.5) is 5.82 Å². The van der Waals surface area contributed by atoms with Crippen LogP contribution in [-0.2, 0) is 4.79 Å². The standard InChI is InChI=1S/C15H22N4O/c1-10-8-16-11(2)14(17-10)19-7-3-4-12(9-19)15(20)18-13-5-6-13/h8,12-13H,3-7,9H2,1-2H3,(H,18,20). The van der Waals surface area contributed by atoms with Gasteiger partial charge in [-0.05, 0) is 39.5 Å². The number of anilines is 1. The number of carbonyl (C=O) groups excluding carboxylic acids is 1. The van der Waals surface area contributed by atoms with Gasteiger partial charge in [0.15, 0.2) is 0 Å². The van der Waals surface area contributed by atoms with E-state index in [0.29, 0.717) is 6.04 Å². The van der Waals surface area contributed by atoms with Gasteiger partial charge in [-0.25, -0.2) is 4.98 Å². The maximum absolute atomic E-state index is 12.2. The van der Waals surface area contributed by atoms with E-state index in [4.69, 9.17) is 0 Å². The molecule has 1 aliphatic carbocycles. The van der Waals surface area contributed by atoms with Crippen LogP contribution in [0.15, 0.2) is 6.20 Å². The zero-order valence-electron chi connectivity index (χ0n) is 12.2. The summed E-state index contributed by atoms with van der Waals surface area (Å²) in [6.07, 6.45) is 6.10. The summed E-state index contributed by atoms with van der Waals surface area (Å²) in [7, 11) is 0. The predicted octanol–water partition coefficient (Wildman–Crippen LogP) is 1.59. The molecule has 3 rings (SSSR count). The summed E-state index contributed by atoms with van der Waals surface area (Å²) in [5.41, 5.74) is 1.87. The van der Waals surface area contributed by atoms with Crippen molar-refractivity contribution in [2.75, 3.05) is 18.0 Å². The van der Waals surface area contributed by atoms with E-state index in [0.717, 1.165) is 56.0 Å². The zero-order chi connectivity index (χ0) is 14.1. The minimum atomic E-state index is 0.0889. The van der Waals surface area contributed by atoms with Gasteiger partial charge in [0.2, 0.25) is 5.91 Å². The molecule has 1 aliphatic heterocycles. The van der Waals surface area contributed by atoms with Crippen LogP contribution in [0.2, 0.25) is 0 Å². The van der Waals surface area contributed by atoms with Gasteiger partial charge in [-0.1, -0.05) is 0 Å². The molecule has 2 aliphatic rings. The third-order valence-corrected chi connectivity index (χ3v) is 4.07. The third-order valence-electron chi connectivity index (χ3n) is 4.07. The fourth-order valence-electron chi connectivity index (χ4n) is 2.75. The lowest BCUT2D eigenvalue weighted by Gasteiger charge is -2.33. The molecule has 2 fully saturated rings. The van der Waals surface area contributed by atoms with E-state index < -0.39 is 0 Å². The highest BCUT2D eigenvalue weighted by atomic mass is 16.2. The molecule has 1 aromatic rings. The number of nitrogens with one attached hydrogen (secondary N) is 1. The molecule has 1 aromatic heterocycles. The molecule has 1 N–H and O–H groups in total. The van der Waals surface area contributed by atoms with Gasteiger partial charge in [0, 0.05) is 25.3 Å². The first-order chi connectivity index (χ1) is 9.63. The summed E-state index contributed by atoms with van der Waals surface area (Å²) < 4.78 is 0. The van der Waals surface area contributed by atoms with Crippen molar-refractivity contribution in [1.29, 1.82) is 0 Å². The second kappa shape index (κ2) is 5.38. The van der Waals surface area contributed by atoms with Gasteiger partial charge in [0.1, 0.15) is 5.82 Å². The Labute approximate surface area is 119 Å². The highest BCUT2D eigenvalue weighted by Crippen LogP contribution is 2.25. The van der Waals surface area contributed by atoms with Gasteiger partial charge < -0.3 is 10.2 Å². The largest absolute Gasteiger partial charge is 0.354 e. The smallest absolute Gasteiger partial charge is 0.225 e. The number of amides is 1. The summed E-state index contributed by atoms with van der Waals surface area (Å²) in [6.45, 7) is 5.66. The van der Waals surface area contributed by atoms with Crippen molar-refractivity contribution in [1.82, 2.24) is 15.3 Å². The number of nitrogens with zero attached hydrogens (tertiary/aromatic N) is 3. The molecule has 108 valence electrons. The second-order valence-electron chi connectivity index (χ2n) is 5.99. The number of rotatable bonds is 3. The first-order valence-corrected chi connectivity index (χ1v) is 7.49. The number of hydrogen-bond acceptors (Lipinski definition) is 4. The quantitative estimate of drug-likeness (QED) is 0.909. The van der Waals surface area contributed by atoms with Crippen molar-refractivity contribution in [3.05, 3.63) is 17.6 Å². The van der Waals surface area contributed by atoms with Gasteiger partial charge in [0.05, 0.1) is 17.3 Å². The van der Waals surface area contributed by atoms with Gasteiger partial charge in [0.25, 0.3) is 0 Å². The lowest BCUT2D eigenvalue weighted by molar-refractivity contribution is -0.125. The fraction of sp³-hybridized carbons (Fsp3) is 0.667. The van der Waals surface area contributed by atoms with Crippen molar-refractivity contribution in [2.45, 2.75) is 45.6 Å². The minimum Gasteiger partial charge on any atom is -0.354 e. The lowest BCUT2D eigenvalue weighted by atomic mass is 9.97. The summed E-state index contributed by atoms with van der Waals surface area (Å²) >= 11 is 0. The van der Waals surface area contributed by atoms with Crippen LogP contribution >= 0.6 is 0 Å². The van der Waals surface area contributed by atoms with Crippen molar-refractivity contribution in [3.8, 4) is 0 Å². The Balaban J connectivity index is 1.70. The van der Waals surface area contributed by atoms with Crippen LogP contribution in [0.3, 0.4) is 0 Å². The topological polar surface area (TPSA) is 58.1 Å². The molecule has 0 spiro atoms. The van der Waals surface area contributed by atoms with Gasteiger partial charge in [-0.2, -0.15) is 0 Å². The molecule has 20 heavy (non-hydrogen) atoms. The Kier molecular flexibility index (Phi) is 3.59. The van der Waals surface area contributed by atoms with E-state index >= 15 is 0 Å². The van der Waals surface area contributed by atoms with Gasteiger partial charge >= 0.3 is 0 Å². The highest BCUT2D eigenvalue weighted by Gasteiger charge is 2.31. The third kappa shape index (κ3) is 2.92. The fourth-order valence-corrected chi connectivity index (χ4v) is 2.75. The molecule has 1 saturated carbocycles. The normalized spacial score (nSPS) is 22.7. The number of aryl methyl sites for hydroxylation is 2. The van der Waals surface area contributed by atoms with Crippen LogP contribution in [0, 0.1) is 19.8 Å². The average Bonchev–Trinajstić information content (AvgIpc) is 3.25. The van der Waals surface area contributed by atoms with Crippen molar-refractivity contribution >= 4 is 11.7 Å². The minimum absolute atomic E-state index is 0.0889. The summed E-state index contributed by atoms with van der Waals surface area (Å²) in [4.78, 5) is 23.4. The Morgan fingerprint density at radius 1 is 1.35 bits per heavy atom. The van der Waals surface area contributed by atoms with E-state index in [-0.39, 0.29) is 11.8 Å². The van der Waals surface area contributed by atoms with Crippen LogP contribution in [-0.4, -0.2) is 35.0 Å². The maximum atomic E-state index is 12.2. The van der Waals surface area contributed by atoms with Crippen LogP contribution in [0.25, 0.3) is 0 Å². The first-order valence-electron chi connectivity index (χ1n) is 7.49. The summed E-state index contributed by atoms with van der Waals surface area (Å²) in [5, 5.41) is 3.12. The molecule has 1 unspecified atom stereocenters. The zero-order valence-corrected chi connectivity index (χ0v) is 12.2. The van der Waals surface area contributed by atoms with E-state index in [2.05, 4.69) is 20.2 Å². The molecule has 5 heteroatoms. The van der Waals surface area contributed by atoms with Crippen molar-refractivity contribution < 1.29 is 4.79 Å². The lowest BCUT2D eigenvalue weighted by Crippen LogP contribution is -2.44. The number of piperidine rings is 1. The van der Waals surface area contributed by atoms with Crippen molar-refractivity contribution in [2.24, 2.45) is 5.92 Å². The molecule has 5 nitrogen and oxygen atoms in total. The molecule has 0 aromatic carbocycles. The van der Waals surface area contributed by atoms with E-state index in [1.165, 1.54) is 0 Å². The van der Waals surface area contributed by atoms with E-state index in [1.807, 2.05) is 13.8 Å². The highest BCUT2D eigenvalue weighted by molar-refractivity contribution is 5.80. The molecule has 0 bridgehead atoms. The first kappa shape index (κ1) is 13.3. The predicted molar refractivity (Wildman–Crippen MR) is 77.6 cm³/mol. The van der Waals surface area contributed by atoms with Crippen molar-refractivity contribution in [3.63, 3.8) is 0 Å². The summed E-state index contributed by atoms with van der Waals surface area (Å²) in [5.74, 6) is 1.25. The molecule has 1 saturated heterocycles. The second-order valence-corrected chi connectivity index (χ2v) is 5.99. The van der Waals surface area contributed by atoms with Crippen LogP contribution in [0.5, 0.6) is 0 Å². The van der Waals surface area contributed by atoms with Gasteiger partial charge in [-0.15, -0.1) is 0 Å². The number of aromatic nitrogens is 2.